The van der Waals surface area contributed by atoms with Crippen LogP contribution in [0.2, 0.25) is 0 Å². The molecule has 3 rings (SSSR count). The molecule has 2 aromatic rings. The van der Waals surface area contributed by atoms with Crippen LogP contribution in [0.1, 0.15) is 22.9 Å². The average molecular weight is 285 g/mol. The molecular weight excluding hydrogens is 266 g/mol. The summed E-state index contributed by atoms with van der Waals surface area (Å²) in [5, 5.41) is 9.97. The van der Waals surface area contributed by atoms with Gasteiger partial charge in [-0.1, -0.05) is 24.3 Å². The van der Waals surface area contributed by atoms with Crippen LogP contribution in [-0.4, -0.2) is 39.0 Å². The van der Waals surface area contributed by atoms with E-state index in [1.807, 2.05) is 12.1 Å². The van der Waals surface area contributed by atoms with Gasteiger partial charge in [-0.05, 0) is 30.4 Å². The van der Waals surface area contributed by atoms with Crippen LogP contribution >= 0.6 is 0 Å². The molecule has 110 valence electrons. The minimum Gasteiger partial charge on any atom is -0.377 e. The van der Waals surface area contributed by atoms with Crippen LogP contribution in [0.4, 0.5) is 0 Å². The number of likely N-dealkylation sites (tertiary alicyclic amines) is 1. The lowest BCUT2D eigenvalue weighted by Crippen LogP contribution is -2.52. The fraction of sp³-hybridized carbons (Fsp3) is 0.375. The number of hydrogen-bond donors (Lipinski definition) is 2. The molecule has 1 amide bonds. The number of aliphatic hydroxyl groups excluding tert-OH is 1. The van der Waals surface area contributed by atoms with Crippen LogP contribution in [0.15, 0.2) is 36.8 Å². The molecule has 0 bridgehead atoms. The number of amides is 1. The zero-order valence-electron chi connectivity index (χ0n) is 12.0. The molecule has 0 saturated carbocycles. The predicted octanol–water partition coefficient (Wildman–Crippen LogP) is 1.45. The highest BCUT2D eigenvalue weighted by molar-refractivity contribution is 5.82. The summed E-state index contributed by atoms with van der Waals surface area (Å²) in [4.78, 5) is 20.4. The Kier molecular flexibility index (Phi) is 3.75. The lowest BCUT2D eigenvalue weighted by molar-refractivity contribution is -0.147. The number of nitrogens with one attached hydrogen (secondary N) is 1. The summed E-state index contributed by atoms with van der Waals surface area (Å²) in [6, 6.07) is 8.33. The molecule has 1 fully saturated rings. The van der Waals surface area contributed by atoms with E-state index in [2.05, 4.69) is 29.0 Å². The molecule has 5 nitrogen and oxygen atoms in total. The van der Waals surface area contributed by atoms with Gasteiger partial charge in [-0.25, -0.2) is 4.98 Å². The lowest BCUT2D eigenvalue weighted by Gasteiger charge is -2.40. The van der Waals surface area contributed by atoms with E-state index in [1.165, 1.54) is 23.7 Å². The molecule has 1 unspecified atom stereocenters. The Bertz CT molecular complexity index is 618. The van der Waals surface area contributed by atoms with E-state index in [0.717, 1.165) is 6.42 Å². The number of carbonyl (C=O) groups is 1. The third kappa shape index (κ3) is 2.83. The summed E-state index contributed by atoms with van der Waals surface area (Å²) >= 11 is 0. The molecule has 1 aliphatic heterocycles. The molecule has 1 aromatic heterocycles. The molecule has 0 aliphatic carbocycles. The summed E-state index contributed by atoms with van der Waals surface area (Å²) in [7, 11) is 0. The predicted molar refractivity (Wildman–Crippen MR) is 78.5 cm³/mol. The van der Waals surface area contributed by atoms with Crippen molar-refractivity contribution < 1.29 is 9.90 Å². The number of aliphatic hydroxyl groups is 1. The van der Waals surface area contributed by atoms with Gasteiger partial charge in [0.15, 0.2) is 6.10 Å². The van der Waals surface area contributed by atoms with Gasteiger partial charge in [0.25, 0.3) is 5.91 Å². The molecule has 21 heavy (non-hydrogen) atoms. The quantitative estimate of drug-likeness (QED) is 0.893. The monoisotopic (exact) mass is 285 g/mol. The van der Waals surface area contributed by atoms with Crippen molar-refractivity contribution in [1.29, 1.82) is 0 Å². The van der Waals surface area contributed by atoms with Crippen LogP contribution in [0.25, 0.3) is 0 Å². The van der Waals surface area contributed by atoms with Gasteiger partial charge >= 0.3 is 0 Å². The van der Waals surface area contributed by atoms with E-state index >= 15 is 0 Å². The van der Waals surface area contributed by atoms with Gasteiger partial charge in [-0.15, -0.1) is 0 Å². The SMILES string of the molecule is Cc1ccccc1CC1CN(C(=O)C(O)c2cnc[nH]2)C1. The van der Waals surface area contributed by atoms with Crippen LogP contribution < -0.4 is 0 Å². The molecule has 1 aliphatic rings. The minimum absolute atomic E-state index is 0.250. The number of carbonyl (C=O) groups excluding carboxylic acids is 1. The molecule has 1 aromatic carbocycles. The van der Waals surface area contributed by atoms with Crippen LogP contribution in [0, 0.1) is 12.8 Å². The van der Waals surface area contributed by atoms with E-state index in [4.69, 9.17) is 0 Å². The highest BCUT2D eigenvalue weighted by atomic mass is 16.3. The van der Waals surface area contributed by atoms with Gasteiger partial charge in [0.2, 0.25) is 0 Å². The fourth-order valence-electron chi connectivity index (χ4n) is 2.75. The first kappa shape index (κ1) is 13.8. The number of nitrogens with zero attached hydrogens (tertiary/aromatic N) is 2. The van der Waals surface area contributed by atoms with Gasteiger partial charge in [0.05, 0.1) is 18.2 Å². The molecule has 0 radical (unpaired) electrons. The van der Waals surface area contributed by atoms with Crippen molar-refractivity contribution >= 4 is 5.91 Å². The highest BCUT2D eigenvalue weighted by Crippen LogP contribution is 2.25. The Labute approximate surface area is 123 Å². The van der Waals surface area contributed by atoms with Crippen LogP contribution in [-0.2, 0) is 11.2 Å². The van der Waals surface area contributed by atoms with Crippen molar-refractivity contribution in [3.05, 3.63) is 53.6 Å². The number of imidazole rings is 1. The smallest absolute Gasteiger partial charge is 0.257 e. The van der Waals surface area contributed by atoms with E-state index in [0.29, 0.717) is 24.7 Å². The molecule has 0 spiro atoms. The summed E-state index contributed by atoms with van der Waals surface area (Å²) in [6.07, 6.45) is 2.79. The van der Waals surface area contributed by atoms with E-state index in [-0.39, 0.29) is 5.91 Å². The van der Waals surface area contributed by atoms with Crippen molar-refractivity contribution in [1.82, 2.24) is 14.9 Å². The first-order valence-electron chi connectivity index (χ1n) is 7.15. The number of aryl methyl sites for hydroxylation is 1. The fourth-order valence-corrected chi connectivity index (χ4v) is 2.75. The maximum Gasteiger partial charge on any atom is 0.257 e. The van der Waals surface area contributed by atoms with Crippen molar-refractivity contribution in [2.75, 3.05) is 13.1 Å². The van der Waals surface area contributed by atoms with Crippen LogP contribution in [0.3, 0.4) is 0 Å². The molecule has 5 heteroatoms. The second kappa shape index (κ2) is 5.69. The third-order valence-corrected chi connectivity index (χ3v) is 4.09. The number of rotatable bonds is 4. The molecular formula is C16H19N3O2. The maximum atomic E-state index is 12.1. The largest absolute Gasteiger partial charge is 0.377 e. The molecule has 2 N–H and O–H groups in total. The van der Waals surface area contributed by atoms with E-state index < -0.39 is 6.10 Å². The Balaban J connectivity index is 1.54. The van der Waals surface area contributed by atoms with E-state index in [9.17, 15) is 9.90 Å². The topological polar surface area (TPSA) is 69.2 Å². The van der Waals surface area contributed by atoms with Crippen molar-refractivity contribution in [2.45, 2.75) is 19.4 Å². The summed E-state index contributed by atoms with van der Waals surface area (Å²) in [6.45, 7) is 3.52. The van der Waals surface area contributed by atoms with Crippen LogP contribution in [0.5, 0.6) is 0 Å². The number of hydrogen-bond acceptors (Lipinski definition) is 3. The van der Waals surface area contributed by atoms with Crippen molar-refractivity contribution in [3.8, 4) is 0 Å². The zero-order chi connectivity index (χ0) is 14.8. The molecule has 2 heterocycles. The first-order chi connectivity index (χ1) is 10.1. The zero-order valence-corrected chi connectivity index (χ0v) is 12.0. The average Bonchev–Trinajstić information content (AvgIpc) is 2.96. The first-order valence-corrected chi connectivity index (χ1v) is 7.15. The maximum absolute atomic E-state index is 12.1. The lowest BCUT2D eigenvalue weighted by atomic mass is 9.90. The number of aromatic amines is 1. The standard InChI is InChI=1S/C16H19N3O2/c1-11-4-2-3-5-13(11)6-12-8-19(9-12)16(21)15(20)14-7-17-10-18-14/h2-5,7,10,12,15,20H,6,8-9H2,1H3,(H,17,18). The van der Waals surface area contributed by atoms with Gasteiger partial charge in [0.1, 0.15) is 0 Å². The van der Waals surface area contributed by atoms with Crippen molar-refractivity contribution in [2.24, 2.45) is 5.92 Å². The Hall–Kier alpha value is -2.14. The second-order valence-electron chi connectivity index (χ2n) is 5.65. The van der Waals surface area contributed by atoms with Gasteiger partial charge in [-0.2, -0.15) is 0 Å². The second-order valence-corrected chi connectivity index (χ2v) is 5.65. The summed E-state index contributed by atoms with van der Waals surface area (Å²) < 4.78 is 0. The minimum atomic E-state index is -1.13. The van der Waals surface area contributed by atoms with Crippen molar-refractivity contribution in [3.63, 3.8) is 0 Å². The van der Waals surface area contributed by atoms with E-state index in [1.54, 1.807) is 4.90 Å². The number of benzene rings is 1. The highest BCUT2D eigenvalue weighted by Gasteiger charge is 2.34. The molecule has 1 atom stereocenters. The molecule has 1 saturated heterocycles. The Morgan fingerprint density at radius 1 is 1.48 bits per heavy atom. The summed E-state index contributed by atoms with van der Waals surface area (Å²) in [5.41, 5.74) is 3.07. The third-order valence-electron chi connectivity index (χ3n) is 4.09. The van der Waals surface area contributed by atoms with Gasteiger partial charge in [-0.3, -0.25) is 4.79 Å². The Morgan fingerprint density at radius 2 is 2.24 bits per heavy atom. The summed E-state index contributed by atoms with van der Waals surface area (Å²) in [5.74, 6) is 0.226. The van der Waals surface area contributed by atoms with Gasteiger partial charge < -0.3 is 15.0 Å². The number of aromatic nitrogens is 2. The normalized spacial score (nSPS) is 16.6. The number of H-pyrrole nitrogens is 1. The Morgan fingerprint density at radius 3 is 2.90 bits per heavy atom. The van der Waals surface area contributed by atoms with Gasteiger partial charge in [0, 0.05) is 13.1 Å².